The lowest BCUT2D eigenvalue weighted by Gasteiger charge is -2.44. The maximum atomic E-state index is 13.7. The third-order valence-electron chi connectivity index (χ3n) is 5.31. The third kappa shape index (κ3) is 3.25. The van der Waals surface area contributed by atoms with Crippen molar-refractivity contribution in [1.82, 2.24) is 9.80 Å². The highest BCUT2D eigenvalue weighted by molar-refractivity contribution is 5.87. The fraction of sp³-hybridized carbons (Fsp3) is 0.300. The molecule has 0 unspecified atom stereocenters. The van der Waals surface area contributed by atoms with Crippen LogP contribution in [0, 0.1) is 29.1 Å². The van der Waals surface area contributed by atoms with E-state index in [9.17, 15) is 31.5 Å². The van der Waals surface area contributed by atoms with E-state index >= 15 is 0 Å². The fourth-order valence-electron chi connectivity index (χ4n) is 3.80. The second-order valence-corrected chi connectivity index (χ2v) is 7.01. The first-order chi connectivity index (χ1) is 14.3. The van der Waals surface area contributed by atoms with Crippen LogP contribution in [0.4, 0.5) is 22.0 Å². The zero-order valence-corrected chi connectivity index (χ0v) is 15.4. The molecule has 2 aromatic rings. The Morgan fingerprint density at radius 3 is 2.33 bits per heavy atom. The van der Waals surface area contributed by atoms with Gasteiger partial charge in [0.1, 0.15) is 0 Å². The number of amides is 2. The molecular weight excluding hydrogens is 411 g/mol. The van der Waals surface area contributed by atoms with Crippen LogP contribution in [-0.2, 0) is 16.0 Å². The van der Waals surface area contributed by atoms with Crippen LogP contribution < -0.4 is 4.74 Å². The molecule has 2 heterocycles. The summed E-state index contributed by atoms with van der Waals surface area (Å²) >= 11 is 0. The maximum Gasteiger partial charge on any atom is 0.261 e. The van der Waals surface area contributed by atoms with E-state index < -0.39 is 47.3 Å². The van der Waals surface area contributed by atoms with Gasteiger partial charge in [-0.1, -0.05) is 24.3 Å². The number of hydrogen-bond donors (Lipinski definition) is 0. The van der Waals surface area contributed by atoms with Crippen LogP contribution in [0.3, 0.4) is 0 Å². The molecule has 1 saturated heterocycles. The fourth-order valence-corrected chi connectivity index (χ4v) is 3.80. The highest BCUT2D eigenvalue weighted by Crippen LogP contribution is 2.33. The van der Waals surface area contributed by atoms with Gasteiger partial charge in [-0.3, -0.25) is 9.59 Å². The van der Waals surface area contributed by atoms with E-state index in [0.29, 0.717) is 13.0 Å². The molecule has 0 spiro atoms. The summed E-state index contributed by atoms with van der Waals surface area (Å²) in [5.41, 5.74) is 1.95. The Morgan fingerprint density at radius 2 is 1.63 bits per heavy atom. The quantitative estimate of drug-likeness (QED) is 0.431. The number of benzene rings is 2. The topological polar surface area (TPSA) is 49.9 Å². The Labute approximate surface area is 167 Å². The minimum Gasteiger partial charge on any atom is -0.477 e. The van der Waals surface area contributed by atoms with Crippen LogP contribution in [0.15, 0.2) is 24.3 Å². The Bertz CT molecular complexity index is 1020. The first kappa shape index (κ1) is 20.1. The van der Waals surface area contributed by atoms with Crippen LogP contribution >= 0.6 is 0 Å². The van der Waals surface area contributed by atoms with E-state index in [0.717, 1.165) is 16.0 Å². The molecule has 2 amide bonds. The molecular formula is C20H15F5N2O3. The maximum absolute atomic E-state index is 13.7. The molecule has 10 heteroatoms. The van der Waals surface area contributed by atoms with Crippen molar-refractivity contribution >= 4 is 11.8 Å². The SMILES string of the molecule is O=C(COc1c(F)c(F)c(F)c(F)c1F)N1CC(=O)N2CCc3ccccc3[C@H]2C1. The van der Waals surface area contributed by atoms with E-state index in [-0.39, 0.29) is 25.0 Å². The number of hydrogen-bond acceptors (Lipinski definition) is 3. The molecule has 0 bridgehead atoms. The average molecular weight is 426 g/mol. The lowest BCUT2D eigenvalue weighted by atomic mass is 9.91. The predicted octanol–water partition coefficient (Wildman–Crippen LogP) is 2.73. The molecule has 0 aromatic heterocycles. The van der Waals surface area contributed by atoms with Crippen LogP contribution in [0.1, 0.15) is 17.2 Å². The van der Waals surface area contributed by atoms with Crippen LogP contribution in [0.5, 0.6) is 5.75 Å². The summed E-state index contributed by atoms with van der Waals surface area (Å²) in [6.45, 7) is -0.621. The van der Waals surface area contributed by atoms with Crippen molar-refractivity contribution in [3.8, 4) is 5.75 Å². The van der Waals surface area contributed by atoms with Crippen molar-refractivity contribution in [3.63, 3.8) is 0 Å². The highest BCUT2D eigenvalue weighted by Gasteiger charge is 2.38. The van der Waals surface area contributed by atoms with E-state index in [1.807, 2.05) is 24.3 Å². The van der Waals surface area contributed by atoms with Crippen LogP contribution in [0.2, 0.25) is 0 Å². The predicted molar refractivity (Wildman–Crippen MR) is 92.9 cm³/mol. The van der Waals surface area contributed by atoms with Crippen molar-refractivity contribution in [2.75, 3.05) is 26.2 Å². The summed E-state index contributed by atoms with van der Waals surface area (Å²) < 4.78 is 71.7. The minimum absolute atomic E-state index is 0.127. The molecule has 1 fully saturated rings. The molecule has 30 heavy (non-hydrogen) atoms. The summed E-state index contributed by atoms with van der Waals surface area (Å²) in [4.78, 5) is 27.8. The summed E-state index contributed by atoms with van der Waals surface area (Å²) in [6.07, 6.45) is 0.690. The number of nitrogens with zero attached hydrogens (tertiary/aromatic N) is 2. The Hall–Kier alpha value is -3.17. The first-order valence-corrected chi connectivity index (χ1v) is 9.08. The molecule has 0 saturated carbocycles. The number of rotatable bonds is 3. The standard InChI is InChI=1S/C20H15F5N2O3/c21-15-16(22)18(24)20(19(25)17(15)23)30-9-14(29)26-7-12-11-4-2-1-3-10(11)5-6-27(12)13(28)8-26/h1-4,12H,5-9H2/t12-/m1/s1. The third-order valence-corrected chi connectivity index (χ3v) is 5.31. The molecule has 2 aliphatic rings. The number of carbonyl (C=O) groups is 2. The second kappa shape index (κ2) is 7.58. The number of halogens is 5. The van der Waals surface area contributed by atoms with Crippen molar-refractivity contribution in [3.05, 3.63) is 64.5 Å². The number of ether oxygens (including phenoxy) is 1. The van der Waals surface area contributed by atoms with E-state index in [1.54, 1.807) is 4.90 Å². The molecule has 0 N–H and O–H groups in total. The molecule has 4 rings (SSSR count). The normalized spacial score (nSPS) is 18.2. The van der Waals surface area contributed by atoms with Gasteiger partial charge in [-0.15, -0.1) is 0 Å². The lowest BCUT2D eigenvalue weighted by molar-refractivity contribution is -0.150. The van der Waals surface area contributed by atoms with Crippen molar-refractivity contribution in [1.29, 1.82) is 0 Å². The molecule has 158 valence electrons. The van der Waals surface area contributed by atoms with E-state index in [2.05, 4.69) is 4.74 Å². The molecule has 2 aromatic carbocycles. The van der Waals surface area contributed by atoms with Gasteiger partial charge in [0, 0.05) is 13.1 Å². The average Bonchev–Trinajstić information content (AvgIpc) is 2.76. The Kier molecular flexibility index (Phi) is 5.08. The number of carbonyl (C=O) groups excluding carboxylic acids is 2. The van der Waals surface area contributed by atoms with Gasteiger partial charge >= 0.3 is 0 Å². The van der Waals surface area contributed by atoms with Crippen LogP contribution in [-0.4, -0.2) is 47.9 Å². The van der Waals surface area contributed by atoms with Gasteiger partial charge in [0.05, 0.1) is 12.6 Å². The van der Waals surface area contributed by atoms with Crippen molar-refractivity contribution in [2.45, 2.75) is 12.5 Å². The summed E-state index contributed by atoms with van der Waals surface area (Å²) in [5, 5.41) is 0. The minimum atomic E-state index is -2.32. The Balaban J connectivity index is 1.51. The monoisotopic (exact) mass is 426 g/mol. The van der Waals surface area contributed by atoms with Gasteiger partial charge in [0.15, 0.2) is 12.4 Å². The first-order valence-electron chi connectivity index (χ1n) is 9.08. The highest BCUT2D eigenvalue weighted by atomic mass is 19.2. The molecule has 5 nitrogen and oxygen atoms in total. The molecule has 0 radical (unpaired) electrons. The van der Waals surface area contributed by atoms with E-state index in [4.69, 9.17) is 0 Å². The van der Waals surface area contributed by atoms with E-state index in [1.165, 1.54) is 0 Å². The summed E-state index contributed by atoms with van der Waals surface area (Å²) in [5.74, 6) is -13.6. The zero-order valence-electron chi connectivity index (χ0n) is 15.4. The second-order valence-electron chi connectivity index (χ2n) is 7.01. The zero-order chi connectivity index (χ0) is 21.6. The van der Waals surface area contributed by atoms with Gasteiger partial charge in [-0.25, -0.2) is 13.2 Å². The van der Waals surface area contributed by atoms with Gasteiger partial charge in [-0.2, -0.15) is 8.78 Å². The Morgan fingerprint density at radius 1 is 1.00 bits per heavy atom. The van der Waals surface area contributed by atoms with Gasteiger partial charge < -0.3 is 14.5 Å². The number of fused-ring (bicyclic) bond motifs is 3. The smallest absolute Gasteiger partial charge is 0.261 e. The van der Waals surface area contributed by atoms with Crippen LogP contribution in [0.25, 0.3) is 0 Å². The summed E-state index contributed by atoms with van der Waals surface area (Å²) in [6, 6.07) is 7.11. The molecule has 0 aliphatic carbocycles. The number of piperazine rings is 1. The van der Waals surface area contributed by atoms with Crippen molar-refractivity contribution < 1.29 is 36.3 Å². The summed E-state index contributed by atoms with van der Waals surface area (Å²) in [7, 11) is 0. The lowest BCUT2D eigenvalue weighted by Crippen LogP contribution is -2.56. The largest absolute Gasteiger partial charge is 0.477 e. The van der Waals surface area contributed by atoms with Gasteiger partial charge in [-0.05, 0) is 17.5 Å². The molecule has 1 atom stereocenters. The van der Waals surface area contributed by atoms with Gasteiger partial charge in [0.25, 0.3) is 5.91 Å². The van der Waals surface area contributed by atoms with Crippen molar-refractivity contribution in [2.24, 2.45) is 0 Å². The van der Waals surface area contributed by atoms with Gasteiger partial charge in [0.2, 0.25) is 35.0 Å². The molecule has 2 aliphatic heterocycles.